The van der Waals surface area contributed by atoms with Gasteiger partial charge in [-0.1, -0.05) is 0 Å². The lowest BCUT2D eigenvalue weighted by Crippen LogP contribution is -2.47. The van der Waals surface area contributed by atoms with Crippen LogP contribution in [-0.4, -0.2) is 29.4 Å². The normalized spacial score (nSPS) is 20.6. The zero-order valence-electron chi connectivity index (χ0n) is 11.6. The van der Waals surface area contributed by atoms with Crippen LogP contribution in [-0.2, 0) is 11.2 Å². The number of thiophene rings is 1. The third-order valence-corrected chi connectivity index (χ3v) is 4.26. The molecule has 0 aliphatic carbocycles. The highest BCUT2D eigenvalue weighted by Crippen LogP contribution is 2.32. The summed E-state index contributed by atoms with van der Waals surface area (Å²) in [5.41, 5.74) is 1.25. The monoisotopic (exact) mass is 266 g/mol. The summed E-state index contributed by atoms with van der Waals surface area (Å²) in [4.78, 5) is 15.7. The van der Waals surface area contributed by atoms with Crippen LogP contribution in [0.1, 0.15) is 44.2 Å². The van der Waals surface area contributed by atoms with E-state index in [2.05, 4.69) is 28.6 Å². The molecule has 4 heteroatoms. The summed E-state index contributed by atoms with van der Waals surface area (Å²) in [6.07, 6.45) is 1.07. The highest BCUT2D eigenvalue weighted by molar-refractivity contribution is 7.10. The van der Waals surface area contributed by atoms with Gasteiger partial charge in [-0.3, -0.25) is 9.69 Å². The van der Waals surface area contributed by atoms with Crippen molar-refractivity contribution >= 4 is 17.2 Å². The van der Waals surface area contributed by atoms with Crippen LogP contribution in [0.15, 0.2) is 11.4 Å². The Morgan fingerprint density at radius 1 is 1.56 bits per heavy atom. The van der Waals surface area contributed by atoms with Crippen molar-refractivity contribution in [1.82, 2.24) is 10.2 Å². The molecule has 1 atom stereocenters. The molecule has 1 amide bonds. The van der Waals surface area contributed by atoms with Crippen LogP contribution in [0.25, 0.3) is 0 Å². The summed E-state index contributed by atoms with van der Waals surface area (Å²) in [5.74, 6) is 0.119. The molecule has 0 bridgehead atoms. The van der Waals surface area contributed by atoms with Crippen molar-refractivity contribution in [2.75, 3.05) is 13.1 Å². The second kappa shape index (κ2) is 5.02. The fourth-order valence-electron chi connectivity index (χ4n) is 2.42. The number of amides is 1. The van der Waals surface area contributed by atoms with E-state index in [1.54, 1.807) is 0 Å². The second-order valence-electron chi connectivity index (χ2n) is 5.99. The second-order valence-corrected chi connectivity index (χ2v) is 6.99. The van der Waals surface area contributed by atoms with Crippen molar-refractivity contribution in [2.24, 2.45) is 0 Å². The Kier molecular flexibility index (Phi) is 3.78. The minimum Gasteiger partial charge on any atom is -0.350 e. The van der Waals surface area contributed by atoms with Gasteiger partial charge in [0.05, 0.1) is 6.54 Å². The van der Waals surface area contributed by atoms with E-state index in [1.807, 2.05) is 32.1 Å². The van der Waals surface area contributed by atoms with Gasteiger partial charge in [0.15, 0.2) is 0 Å². The van der Waals surface area contributed by atoms with Gasteiger partial charge in [0.1, 0.15) is 0 Å². The van der Waals surface area contributed by atoms with E-state index in [1.165, 1.54) is 10.4 Å². The Balaban J connectivity index is 1.98. The lowest BCUT2D eigenvalue weighted by molar-refractivity contribution is -0.124. The van der Waals surface area contributed by atoms with E-state index in [0.29, 0.717) is 12.6 Å². The molecule has 1 unspecified atom stereocenters. The van der Waals surface area contributed by atoms with Gasteiger partial charge < -0.3 is 5.32 Å². The SMILES string of the molecule is CC1c2ccsc2CCN1CC(=O)NC(C)(C)C. The van der Waals surface area contributed by atoms with E-state index in [-0.39, 0.29) is 11.4 Å². The first-order chi connectivity index (χ1) is 8.37. The van der Waals surface area contributed by atoms with Crippen molar-refractivity contribution in [3.05, 3.63) is 21.9 Å². The molecule has 1 aliphatic rings. The molecule has 0 saturated carbocycles. The molecule has 0 spiro atoms. The van der Waals surface area contributed by atoms with Gasteiger partial charge in [-0.15, -0.1) is 11.3 Å². The molecular weight excluding hydrogens is 244 g/mol. The molecule has 100 valence electrons. The maximum atomic E-state index is 12.0. The molecule has 2 rings (SSSR count). The highest BCUT2D eigenvalue weighted by atomic mass is 32.1. The third kappa shape index (κ3) is 3.12. The van der Waals surface area contributed by atoms with Crippen LogP contribution in [0.4, 0.5) is 0 Å². The van der Waals surface area contributed by atoms with Crippen molar-refractivity contribution in [3.63, 3.8) is 0 Å². The molecule has 18 heavy (non-hydrogen) atoms. The number of fused-ring (bicyclic) bond motifs is 1. The van der Waals surface area contributed by atoms with Crippen molar-refractivity contribution in [2.45, 2.75) is 45.7 Å². The number of hydrogen-bond donors (Lipinski definition) is 1. The quantitative estimate of drug-likeness (QED) is 0.892. The van der Waals surface area contributed by atoms with Crippen molar-refractivity contribution < 1.29 is 4.79 Å². The van der Waals surface area contributed by atoms with E-state index >= 15 is 0 Å². The van der Waals surface area contributed by atoms with Crippen LogP contribution in [0.5, 0.6) is 0 Å². The Morgan fingerprint density at radius 3 is 2.94 bits per heavy atom. The Labute approximate surface area is 113 Å². The van der Waals surface area contributed by atoms with E-state index < -0.39 is 0 Å². The molecule has 0 radical (unpaired) electrons. The fourth-order valence-corrected chi connectivity index (χ4v) is 3.38. The number of nitrogens with zero attached hydrogens (tertiary/aromatic N) is 1. The molecule has 1 aliphatic heterocycles. The van der Waals surface area contributed by atoms with Gasteiger partial charge in [-0.05, 0) is 51.1 Å². The van der Waals surface area contributed by atoms with Gasteiger partial charge >= 0.3 is 0 Å². The van der Waals surface area contributed by atoms with E-state index in [0.717, 1.165) is 13.0 Å². The Hall–Kier alpha value is -0.870. The first-order valence-corrected chi connectivity index (χ1v) is 7.36. The van der Waals surface area contributed by atoms with Crippen LogP contribution < -0.4 is 5.32 Å². The smallest absolute Gasteiger partial charge is 0.234 e. The van der Waals surface area contributed by atoms with E-state index in [9.17, 15) is 4.79 Å². The summed E-state index contributed by atoms with van der Waals surface area (Å²) in [5, 5.41) is 5.18. The number of hydrogen-bond acceptors (Lipinski definition) is 3. The Morgan fingerprint density at radius 2 is 2.28 bits per heavy atom. The van der Waals surface area contributed by atoms with Gasteiger partial charge in [-0.25, -0.2) is 0 Å². The summed E-state index contributed by atoms with van der Waals surface area (Å²) >= 11 is 1.83. The summed E-state index contributed by atoms with van der Waals surface area (Å²) in [6, 6.07) is 2.55. The van der Waals surface area contributed by atoms with Crippen LogP contribution in [0.2, 0.25) is 0 Å². The van der Waals surface area contributed by atoms with Crippen LogP contribution >= 0.6 is 11.3 Å². The molecular formula is C14H22N2OS. The highest BCUT2D eigenvalue weighted by Gasteiger charge is 2.26. The standard InChI is InChI=1S/C14H22N2OS/c1-10-11-6-8-18-12(11)5-7-16(10)9-13(17)15-14(2,3)4/h6,8,10H,5,7,9H2,1-4H3,(H,15,17). The topological polar surface area (TPSA) is 32.3 Å². The minimum absolute atomic E-state index is 0.119. The number of carbonyl (C=O) groups excluding carboxylic acids is 1. The molecule has 0 saturated heterocycles. The lowest BCUT2D eigenvalue weighted by atomic mass is 10.0. The summed E-state index contributed by atoms with van der Waals surface area (Å²) in [6.45, 7) is 9.71. The maximum absolute atomic E-state index is 12.0. The van der Waals surface area contributed by atoms with Crippen LogP contribution in [0, 0.1) is 0 Å². The van der Waals surface area contributed by atoms with Gasteiger partial charge in [0, 0.05) is 23.0 Å². The lowest BCUT2D eigenvalue weighted by Gasteiger charge is -2.33. The van der Waals surface area contributed by atoms with E-state index in [4.69, 9.17) is 0 Å². The molecule has 0 aromatic carbocycles. The first-order valence-electron chi connectivity index (χ1n) is 6.48. The predicted octanol–water partition coefficient (Wildman–Crippen LogP) is 2.58. The Bertz CT molecular complexity index is 433. The third-order valence-electron chi connectivity index (χ3n) is 3.26. The zero-order chi connectivity index (χ0) is 13.3. The van der Waals surface area contributed by atoms with Crippen LogP contribution in [0.3, 0.4) is 0 Å². The van der Waals surface area contributed by atoms with Crippen molar-refractivity contribution in [1.29, 1.82) is 0 Å². The number of carbonyl (C=O) groups is 1. The van der Waals surface area contributed by atoms with Gasteiger partial charge in [-0.2, -0.15) is 0 Å². The molecule has 1 N–H and O–H groups in total. The molecule has 3 nitrogen and oxygen atoms in total. The molecule has 0 fully saturated rings. The molecule has 2 heterocycles. The minimum atomic E-state index is -0.149. The predicted molar refractivity (Wildman–Crippen MR) is 75.9 cm³/mol. The van der Waals surface area contributed by atoms with Gasteiger partial charge in [0.25, 0.3) is 0 Å². The molecule has 1 aromatic heterocycles. The van der Waals surface area contributed by atoms with Gasteiger partial charge in [0.2, 0.25) is 5.91 Å². The number of rotatable bonds is 2. The summed E-state index contributed by atoms with van der Waals surface area (Å²) < 4.78 is 0. The maximum Gasteiger partial charge on any atom is 0.234 e. The fraction of sp³-hybridized carbons (Fsp3) is 0.643. The average molecular weight is 266 g/mol. The zero-order valence-corrected chi connectivity index (χ0v) is 12.4. The first kappa shape index (κ1) is 13.6. The van der Waals surface area contributed by atoms with Crippen molar-refractivity contribution in [3.8, 4) is 0 Å². The molecule has 1 aromatic rings. The largest absolute Gasteiger partial charge is 0.350 e. The average Bonchev–Trinajstić information content (AvgIpc) is 2.68. The number of nitrogens with one attached hydrogen (secondary N) is 1. The summed E-state index contributed by atoms with van der Waals surface area (Å²) in [7, 11) is 0.